The minimum Gasteiger partial charge on any atom is -0.484 e. The van der Waals surface area contributed by atoms with Crippen molar-refractivity contribution in [2.45, 2.75) is 38.6 Å². The number of amides is 1. The van der Waals surface area contributed by atoms with E-state index in [4.69, 9.17) is 4.74 Å². The molecule has 0 spiro atoms. The topological polar surface area (TPSA) is 44.8 Å². The van der Waals surface area contributed by atoms with Crippen molar-refractivity contribution in [2.24, 2.45) is 0 Å². The molecule has 0 aliphatic carbocycles. The first-order valence-corrected chi connectivity index (χ1v) is 11.1. The fourth-order valence-electron chi connectivity index (χ4n) is 4.57. The largest absolute Gasteiger partial charge is 0.484 e. The second-order valence-corrected chi connectivity index (χ2v) is 8.58. The number of carbonyl (C=O) groups excluding carboxylic acids is 1. The first kappa shape index (κ1) is 20.7. The normalized spacial score (nSPS) is 17.5. The molecular weight excluding hydrogens is 374 g/mol. The maximum absolute atomic E-state index is 12.4. The molecule has 2 aliphatic heterocycles. The summed E-state index contributed by atoms with van der Waals surface area (Å²) in [6.45, 7) is 6.01. The number of aryl methyl sites for hydroxylation is 2. The fraction of sp³-hybridized carbons (Fsp3) is 0.480. The standard InChI is InChI=1S/C25H33N3O2/c1-19-7-10-22(11-8-19)30-18-25(29)26-17-24(28-14-3-4-15-28)21-9-12-23-20(16-21)6-5-13-27(23)2/h7-12,16,24H,3-6,13-15,17-18H2,1-2H3,(H,26,29). The van der Waals surface area contributed by atoms with Crippen molar-refractivity contribution >= 4 is 11.6 Å². The second-order valence-electron chi connectivity index (χ2n) is 8.58. The number of rotatable bonds is 7. The third kappa shape index (κ3) is 4.96. The fourth-order valence-corrected chi connectivity index (χ4v) is 4.57. The van der Waals surface area contributed by atoms with Crippen molar-refractivity contribution in [3.05, 3.63) is 59.2 Å². The highest BCUT2D eigenvalue weighted by Gasteiger charge is 2.25. The van der Waals surface area contributed by atoms with Crippen LogP contribution in [0.1, 0.15) is 42.0 Å². The van der Waals surface area contributed by atoms with Gasteiger partial charge in [0.25, 0.3) is 5.91 Å². The summed E-state index contributed by atoms with van der Waals surface area (Å²) in [5.41, 5.74) is 5.27. The minimum absolute atomic E-state index is 0.0464. The van der Waals surface area contributed by atoms with Crippen molar-refractivity contribution in [3.63, 3.8) is 0 Å². The molecule has 4 rings (SSSR count). The molecule has 1 N–H and O–H groups in total. The molecule has 2 aromatic rings. The number of hydrogen-bond acceptors (Lipinski definition) is 4. The molecule has 1 atom stereocenters. The highest BCUT2D eigenvalue weighted by Crippen LogP contribution is 2.31. The second kappa shape index (κ2) is 9.52. The van der Waals surface area contributed by atoms with E-state index >= 15 is 0 Å². The van der Waals surface area contributed by atoms with Gasteiger partial charge >= 0.3 is 0 Å². The summed E-state index contributed by atoms with van der Waals surface area (Å²) >= 11 is 0. The number of nitrogens with zero attached hydrogens (tertiary/aromatic N) is 2. The van der Waals surface area contributed by atoms with Crippen molar-refractivity contribution in [1.82, 2.24) is 10.2 Å². The summed E-state index contributed by atoms with van der Waals surface area (Å²) in [6.07, 6.45) is 4.80. The van der Waals surface area contributed by atoms with Gasteiger partial charge in [-0.25, -0.2) is 0 Å². The van der Waals surface area contributed by atoms with Gasteiger partial charge in [-0.15, -0.1) is 0 Å². The summed E-state index contributed by atoms with van der Waals surface area (Å²) in [7, 11) is 2.17. The van der Waals surface area contributed by atoms with Crippen LogP contribution in [0.25, 0.3) is 0 Å². The van der Waals surface area contributed by atoms with Crippen LogP contribution in [0.15, 0.2) is 42.5 Å². The molecule has 0 bridgehead atoms. The average Bonchev–Trinajstić information content (AvgIpc) is 3.28. The van der Waals surface area contributed by atoms with Crippen LogP contribution in [0.3, 0.4) is 0 Å². The molecule has 0 radical (unpaired) electrons. The van der Waals surface area contributed by atoms with Gasteiger partial charge < -0.3 is 15.0 Å². The highest BCUT2D eigenvalue weighted by molar-refractivity contribution is 5.77. The van der Waals surface area contributed by atoms with Crippen LogP contribution in [-0.2, 0) is 11.2 Å². The van der Waals surface area contributed by atoms with Gasteiger partial charge in [-0.1, -0.05) is 29.8 Å². The first-order chi connectivity index (χ1) is 14.6. The summed E-state index contributed by atoms with van der Waals surface area (Å²) in [6, 6.07) is 14.9. The molecule has 2 aromatic carbocycles. The van der Waals surface area contributed by atoms with E-state index in [1.807, 2.05) is 31.2 Å². The van der Waals surface area contributed by atoms with E-state index in [-0.39, 0.29) is 18.6 Å². The van der Waals surface area contributed by atoms with Crippen molar-refractivity contribution < 1.29 is 9.53 Å². The third-order valence-corrected chi connectivity index (χ3v) is 6.30. The third-order valence-electron chi connectivity index (χ3n) is 6.30. The van der Waals surface area contributed by atoms with Gasteiger partial charge in [-0.2, -0.15) is 0 Å². The molecule has 0 aromatic heterocycles. The van der Waals surface area contributed by atoms with Crippen molar-refractivity contribution in [1.29, 1.82) is 0 Å². The Labute approximate surface area is 180 Å². The van der Waals surface area contributed by atoms with Gasteiger partial charge in [0.15, 0.2) is 6.61 Å². The van der Waals surface area contributed by atoms with Crippen LogP contribution in [0, 0.1) is 6.92 Å². The lowest BCUT2D eigenvalue weighted by Gasteiger charge is -2.32. The molecule has 5 nitrogen and oxygen atoms in total. The van der Waals surface area contributed by atoms with Gasteiger partial charge in [0.05, 0.1) is 6.04 Å². The number of anilines is 1. The Morgan fingerprint density at radius 2 is 1.83 bits per heavy atom. The molecule has 160 valence electrons. The maximum Gasteiger partial charge on any atom is 0.258 e. The monoisotopic (exact) mass is 407 g/mol. The van der Waals surface area contributed by atoms with E-state index < -0.39 is 0 Å². The smallest absolute Gasteiger partial charge is 0.258 e. The SMILES string of the molecule is Cc1ccc(OCC(=O)NCC(c2ccc3c(c2)CCCN3C)N2CCCC2)cc1. The van der Waals surface area contributed by atoms with Crippen molar-refractivity contribution in [3.8, 4) is 5.75 Å². The van der Waals surface area contributed by atoms with E-state index in [9.17, 15) is 4.79 Å². The molecule has 1 unspecified atom stereocenters. The lowest BCUT2D eigenvalue weighted by Crippen LogP contribution is -2.38. The molecule has 2 aliphatic rings. The molecule has 30 heavy (non-hydrogen) atoms. The van der Waals surface area contributed by atoms with E-state index in [0.717, 1.165) is 31.8 Å². The Bertz CT molecular complexity index is 859. The number of benzene rings is 2. The Morgan fingerprint density at radius 1 is 1.07 bits per heavy atom. The number of likely N-dealkylation sites (tertiary alicyclic amines) is 1. The Kier molecular flexibility index (Phi) is 6.58. The predicted octanol–water partition coefficient (Wildman–Crippen LogP) is 3.71. The van der Waals surface area contributed by atoms with Gasteiger partial charge in [0.1, 0.15) is 5.75 Å². The molecule has 0 saturated carbocycles. The van der Waals surface area contributed by atoms with Crippen LogP contribution in [0.4, 0.5) is 5.69 Å². The number of fused-ring (bicyclic) bond motifs is 1. The molecule has 2 heterocycles. The molecule has 1 fully saturated rings. The van der Waals surface area contributed by atoms with E-state index in [2.05, 4.69) is 40.4 Å². The number of nitrogens with one attached hydrogen (secondary N) is 1. The lowest BCUT2D eigenvalue weighted by atomic mass is 9.96. The van der Waals surface area contributed by atoms with Crippen LogP contribution in [0.2, 0.25) is 0 Å². The number of hydrogen-bond donors (Lipinski definition) is 1. The summed E-state index contributed by atoms with van der Waals surface area (Å²) in [5.74, 6) is 0.656. The summed E-state index contributed by atoms with van der Waals surface area (Å²) in [4.78, 5) is 17.3. The van der Waals surface area contributed by atoms with Crippen LogP contribution in [0.5, 0.6) is 5.75 Å². The van der Waals surface area contributed by atoms with Gasteiger partial charge in [0.2, 0.25) is 0 Å². The predicted molar refractivity (Wildman–Crippen MR) is 121 cm³/mol. The summed E-state index contributed by atoms with van der Waals surface area (Å²) < 4.78 is 5.64. The maximum atomic E-state index is 12.4. The summed E-state index contributed by atoms with van der Waals surface area (Å²) in [5, 5.41) is 3.11. The zero-order valence-electron chi connectivity index (χ0n) is 18.2. The first-order valence-electron chi connectivity index (χ1n) is 11.1. The van der Waals surface area contributed by atoms with Gasteiger partial charge in [-0.05, 0) is 75.0 Å². The van der Waals surface area contributed by atoms with Crippen LogP contribution < -0.4 is 15.0 Å². The highest BCUT2D eigenvalue weighted by atomic mass is 16.5. The Balaban J connectivity index is 1.40. The number of carbonyl (C=O) groups is 1. The lowest BCUT2D eigenvalue weighted by molar-refractivity contribution is -0.123. The number of ether oxygens (including phenoxy) is 1. The molecule has 1 amide bonds. The zero-order valence-corrected chi connectivity index (χ0v) is 18.2. The van der Waals surface area contributed by atoms with Crippen LogP contribution >= 0.6 is 0 Å². The Morgan fingerprint density at radius 3 is 2.60 bits per heavy atom. The Hall–Kier alpha value is -2.53. The molecule has 5 heteroatoms. The van der Waals surface area contributed by atoms with E-state index in [1.165, 1.54) is 41.6 Å². The zero-order chi connectivity index (χ0) is 20.9. The van der Waals surface area contributed by atoms with E-state index in [1.54, 1.807) is 0 Å². The molecular formula is C25H33N3O2. The van der Waals surface area contributed by atoms with Crippen molar-refractivity contribution in [2.75, 3.05) is 44.7 Å². The quantitative estimate of drug-likeness (QED) is 0.760. The molecule has 1 saturated heterocycles. The average molecular weight is 408 g/mol. The minimum atomic E-state index is -0.0718. The van der Waals surface area contributed by atoms with Gasteiger partial charge in [-0.3, -0.25) is 9.69 Å². The van der Waals surface area contributed by atoms with E-state index in [0.29, 0.717) is 6.54 Å². The van der Waals surface area contributed by atoms with Gasteiger partial charge in [0, 0.05) is 25.8 Å². The van der Waals surface area contributed by atoms with Crippen LogP contribution in [-0.4, -0.2) is 50.6 Å².